The van der Waals surface area contributed by atoms with Crippen molar-refractivity contribution in [1.82, 2.24) is 5.32 Å². The Balaban J connectivity index is 2.16. The van der Waals surface area contributed by atoms with Crippen LogP contribution in [-0.4, -0.2) is 12.6 Å². The van der Waals surface area contributed by atoms with Crippen molar-refractivity contribution in [2.24, 2.45) is 11.3 Å². The largest absolute Gasteiger partial charge is 0.314 e. The number of nitrogens with one attached hydrogen (secondary N) is 1. The lowest BCUT2D eigenvalue weighted by atomic mass is 9.65. The van der Waals surface area contributed by atoms with Gasteiger partial charge in [0.2, 0.25) is 0 Å². The van der Waals surface area contributed by atoms with Crippen LogP contribution in [0.2, 0.25) is 5.02 Å². The first-order valence-corrected chi connectivity index (χ1v) is 8.39. The van der Waals surface area contributed by atoms with E-state index in [1.165, 1.54) is 31.2 Å². The zero-order valence-corrected chi connectivity index (χ0v) is 13.8. The van der Waals surface area contributed by atoms with Crippen molar-refractivity contribution >= 4 is 11.6 Å². The predicted molar refractivity (Wildman–Crippen MR) is 88.4 cm³/mol. The third-order valence-electron chi connectivity index (χ3n) is 4.94. The second-order valence-corrected chi connectivity index (χ2v) is 7.21. The summed E-state index contributed by atoms with van der Waals surface area (Å²) in [6.07, 6.45) is 6.49. The van der Waals surface area contributed by atoms with Gasteiger partial charge in [-0.2, -0.15) is 0 Å². The lowest BCUT2D eigenvalue weighted by molar-refractivity contribution is 0.0988. The summed E-state index contributed by atoms with van der Waals surface area (Å²) in [5, 5.41) is 4.63. The van der Waals surface area contributed by atoms with Crippen LogP contribution in [0.5, 0.6) is 0 Å². The SMILES string of the molecule is CCNC(Cc1ccccc1Cl)C1CCCCC1(C)C. The first-order chi connectivity index (χ1) is 9.54. The second-order valence-electron chi connectivity index (χ2n) is 6.80. The van der Waals surface area contributed by atoms with E-state index in [0.717, 1.165) is 23.9 Å². The highest BCUT2D eigenvalue weighted by Gasteiger charge is 2.37. The van der Waals surface area contributed by atoms with E-state index < -0.39 is 0 Å². The zero-order chi connectivity index (χ0) is 14.6. The molecule has 1 nitrogen and oxygen atoms in total. The molecule has 1 aliphatic rings. The van der Waals surface area contributed by atoms with Gasteiger partial charge in [0.15, 0.2) is 0 Å². The third kappa shape index (κ3) is 3.77. The fraction of sp³-hybridized carbons (Fsp3) is 0.667. The van der Waals surface area contributed by atoms with Crippen molar-refractivity contribution in [2.75, 3.05) is 6.54 Å². The number of rotatable bonds is 5. The van der Waals surface area contributed by atoms with Gasteiger partial charge in [0.25, 0.3) is 0 Å². The van der Waals surface area contributed by atoms with Crippen LogP contribution in [0.25, 0.3) is 0 Å². The van der Waals surface area contributed by atoms with Crippen molar-refractivity contribution < 1.29 is 0 Å². The van der Waals surface area contributed by atoms with E-state index in [9.17, 15) is 0 Å². The summed E-state index contributed by atoms with van der Waals surface area (Å²) in [6.45, 7) is 8.11. The molecule has 0 aliphatic heterocycles. The minimum Gasteiger partial charge on any atom is -0.314 e. The number of halogens is 1. The van der Waals surface area contributed by atoms with Crippen LogP contribution in [0.3, 0.4) is 0 Å². The Kier molecular flexibility index (Phi) is 5.51. The quantitative estimate of drug-likeness (QED) is 0.798. The van der Waals surface area contributed by atoms with Gasteiger partial charge in [-0.05, 0) is 48.8 Å². The fourth-order valence-electron chi connectivity index (χ4n) is 3.79. The highest BCUT2D eigenvalue weighted by Crippen LogP contribution is 2.43. The summed E-state index contributed by atoms with van der Waals surface area (Å²) in [5.74, 6) is 0.743. The lowest BCUT2D eigenvalue weighted by Gasteiger charge is -2.43. The molecule has 2 atom stereocenters. The molecule has 1 saturated carbocycles. The lowest BCUT2D eigenvalue weighted by Crippen LogP contribution is -2.46. The Labute approximate surface area is 129 Å². The summed E-state index contributed by atoms with van der Waals surface area (Å²) < 4.78 is 0. The zero-order valence-electron chi connectivity index (χ0n) is 13.1. The van der Waals surface area contributed by atoms with E-state index in [-0.39, 0.29) is 0 Å². The number of hydrogen-bond donors (Lipinski definition) is 1. The Morgan fingerprint density at radius 3 is 2.70 bits per heavy atom. The molecule has 0 aromatic heterocycles. The molecule has 0 amide bonds. The predicted octanol–water partition coefficient (Wildman–Crippen LogP) is 5.08. The average molecular weight is 294 g/mol. The molecule has 0 bridgehead atoms. The van der Waals surface area contributed by atoms with Gasteiger partial charge in [-0.3, -0.25) is 0 Å². The summed E-state index contributed by atoms with van der Waals surface area (Å²) in [6, 6.07) is 8.82. The maximum atomic E-state index is 6.35. The van der Waals surface area contributed by atoms with Gasteiger partial charge in [-0.1, -0.05) is 63.4 Å². The average Bonchev–Trinajstić information content (AvgIpc) is 2.40. The first-order valence-electron chi connectivity index (χ1n) is 8.01. The molecule has 1 N–H and O–H groups in total. The van der Waals surface area contributed by atoms with Gasteiger partial charge in [0.1, 0.15) is 0 Å². The van der Waals surface area contributed by atoms with Crippen molar-refractivity contribution in [2.45, 2.75) is 58.9 Å². The van der Waals surface area contributed by atoms with Crippen LogP contribution in [0.15, 0.2) is 24.3 Å². The summed E-state index contributed by atoms with van der Waals surface area (Å²) in [5.41, 5.74) is 1.72. The second kappa shape index (κ2) is 6.95. The minimum absolute atomic E-state index is 0.437. The molecule has 0 spiro atoms. The molecule has 1 aromatic carbocycles. The topological polar surface area (TPSA) is 12.0 Å². The normalized spacial score (nSPS) is 23.5. The molecule has 1 aromatic rings. The highest BCUT2D eigenvalue weighted by atomic mass is 35.5. The van der Waals surface area contributed by atoms with Gasteiger partial charge in [0, 0.05) is 11.1 Å². The number of benzene rings is 1. The molecule has 0 radical (unpaired) electrons. The third-order valence-corrected chi connectivity index (χ3v) is 5.31. The van der Waals surface area contributed by atoms with Crippen LogP contribution in [-0.2, 0) is 6.42 Å². The molecule has 0 heterocycles. The Bertz CT molecular complexity index is 427. The van der Waals surface area contributed by atoms with Gasteiger partial charge in [-0.15, -0.1) is 0 Å². The van der Waals surface area contributed by atoms with Gasteiger partial charge in [0.05, 0.1) is 0 Å². The van der Waals surface area contributed by atoms with Gasteiger partial charge < -0.3 is 5.32 Å². The molecule has 1 aliphatic carbocycles. The molecule has 0 saturated heterocycles. The maximum absolute atomic E-state index is 6.35. The van der Waals surface area contributed by atoms with E-state index >= 15 is 0 Å². The Hall–Kier alpha value is -0.530. The standard InChI is InChI=1S/C18H28ClN/c1-4-20-17(13-14-9-5-6-11-16(14)19)15-10-7-8-12-18(15,2)3/h5-6,9,11,15,17,20H,4,7-8,10,12-13H2,1-3H3. The van der Waals surface area contributed by atoms with Crippen molar-refractivity contribution in [3.05, 3.63) is 34.9 Å². The first kappa shape index (κ1) is 15.9. The smallest absolute Gasteiger partial charge is 0.0438 e. The van der Waals surface area contributed by atoms with Crippen LogP contribution in [0.1, 0.15) is 52.0 Å². The monoisotopic (exact) mass is 293 g/mol. The van der Waals surface area contributed by atoms with Gasteiger partial charge in [-0.25, -0.2) is 0 Å². The number of hydrogen-bond acceptors (Lipinski definition) is 1. The summed E-state index contributed by atoms with van der Waals surface area (Å²) >= 11 is 6.35. The minimum atomic E-state index is 0.437. The molecular formula is C18H28ClN. The molecule has 2 heteroatoms. The molecule has 2 rings (SSSR count). The van der Waals surface area contributed by atoms with E-state index in [2.05, 4.69) is 38.2 Å². The van der Waals surface area contributed by atoms with Crippen molar-refractivity contribution in [1.29, 1.82) is 0 Å². The molecule has 20 heavy (non-hydrogen) atoms. The Morgan fingerprint density at radius 1 is 1.30 bits per heavy atom. The fourth-order valence-corrected chi connectivity index (χ4v) is 4.00. The van der Waals surface area contributed by atoms with E-state index in [1.54, 1.807) is 0 Å². The maximum Gasteiger partial charge on any atom is 0.0438 e. The van der Waals surface area contributed by atoms with Crippen molar-refractivity contribution in [3.8, 4) is 0 Å². The van der Waals surface area contributed by atoms with Gasteiger partial charge >= 0.3 is 0 Å². The van der Waals surface area contributed by atoms with Crippen LogP contribution < -0.4 is 5.32 Å². The van der Waals surface area contributed by atoms with Crippen LogP contribution in [0.4, 0.5) is 0 Å². The molecule has 2 unspecified atom stereocenters. The molecule has 1 fully saturated rings. The van der Waals surface area contributed by atoms with Crippen LogP contribution in [0, 0.1) is 11.3 Å². The van der Waals surface area contributed by atoms with E-state index in [1.807, 2.05) is 12.1 Å². The van der Waals surface area contributed by atoms with Crippen LogP contribution >= 0.6 is 11.6 Å². The highest BCUT2D eigenvalue weighted by molar-refractivity contribution is 6.31. The van der Waals surface area contributed by atoms with E-state index in [4.69, 9.17) is 11.6 Å². The Morgan fingerprint density at radius 2 is 2.05 bits per heavy atom. The van der Waals surface area contributed by atoms with E-state index in [0.29, 0.717) is 11.5 Å². The molecule has 112 valence electrons. The summed E-state index contributed by atoms with van der Waals surface area (Å²) in [7, 11) is 0. The molecular weight excluding hydrogens is 266 g/mol. The number of likely N-dealkylation sites (N-methyl/N-ethyl adjacent to an activating group) is 1. The van der Waals surface area contributed by atoms with Crippen molar-refractivity contribution in [3.63, 3.8) is 0 Å². The summed E-state index contributed by atoms with van der Waals surface area (Å²) in [4.78, 5) is 0.